The second-order valence-corrected chi connectivity index (χ2v) is 5.87. The summed E-state index contributed by atoms with van der Waals surface area (Å²) in [5, 5.41) is 12.9. The van der Waals surface area contributed by atoms with Crippen LogP contribution in [0.2, 0.25) is 0 Å². The highest BCUT2D eigenvalue weighted by Crippen LogP contribution is 2.29. The lowest BCUT2D eigenvalue weighted by atomic mass is 9.93. The molecule has 0 radical (unpaired) electrons. The van der Waals surface area contributed by atoms with Crippen LogP contribution in [-0.2, 0) is 17.6 Å². The van der Waals surface area contributed by atoms with Crippen LogP contribution in [-0.4, -0.2) is 29.1 Å². The number of rotatable bonds is 3. The van der Waals surface area contributed by atoms with Crippen LogP contribution in [0, 0.1) is 0 Å². The van der Waals surface area contributed by atoms with Crippen molar-refractivity contribution in [1.82, 2.24) is 4.98 Å². The molecule has 0 bridgehead atoms. The Balaban J connectivity index is 1.86. The molecule has 3 rings (SSSR count). The minimum Gasteiger partial charge on any atom is -0.507 e. The van der Waals surface area contributed by atoms with Gasteiger partial charge in [0.15, 0.2) is 0 Å². The third kappa shape index (κ3) is 3.26. The molecule has 0 saturated heterocycles. The number of amides is 1. The molecule has 0 spiro atoms. The number of aromatic hydroxyl groups is 1. The van der Waals surface area contributed by atoms with Crippen LogP contribution in [0.5, 0.6) is 5.75 Å². The number of hydrogen-bond acceptors (Lipinski definition) is 5. The number of methoxy groups -OCH3 is 1. The summed E-state index contributed by atoms with van der Waals surface area (Å²) in [6.45, 7) is 0. The highest BCUT2D eigenvalue weighted by molar-refractivity contribution is 6.06. The number of H-pyrrole nitrogens is 1. The summed E-state index contributed by atoms with van der Waals surface area (Å²) in [5.41, 5.74) is 1.17. The number of pyridine rings is 1. The van der Waals surface area contributed by atoms with Gasteiger partial charge in [-0.05, 0) is 49.9 Å². The average Bonchev–Trinajstić information content (AvgIpc) is 2.61. The maximum atomic E-state index is 12.4. The summed E-state index contributed by atoms with van der Waals surface area (Å²) in [5.74, 6) is -1.43. The first-order chi connectivity index (χ1) is 12.0. The van der Waals surface area contributed by atoms with E-state index in [4.69, 9.17) is 0 Å². The van der Waals surface area contributed by atoms with Crippen LogP contribution < -0.4 is 10.9 Å². The van der Waals surface area contributed by atoms with E-state index in [2.05, 4.69) is 15.0 Å². The van der Waals surface area contributed by atoms with E-state index in [9.17, 15) is 19.5 Å². The molecule has 1 aromatic carbocycles. The molecule has 7 heteroatoms. The highest BCUT2D eigenvalue weighted by atomic mass is 16.5. The second-order valence-electron chi connectivity index (χ2n) is 5.87. The Morgan fingerprint density at radius 3 is 2.52 bits per heavy atom. The summed E-state index contributed by atoms with van der Waals surface area (Å²) in [4.78, 5) is 38.7. The number of ether oxygens (including phenoxy) is 1. The van der Waals surface area contributed by atoms with Crippen molar-refractivity contribution in [3.63, 3.8) is 0 Å². The number of esters is 1. The van der Waals surface area contributed by atoms with Crippen molar-refractivity contribution in [2.24, 2.45) is 0 Å². The molecular formula is C18H18N2O5. The first kappa shape index (κ1) is 16.8. The summed E-state index contributed by atoms with van der Waals surface area (Å²) in [6.07, 6.45) is 3.17. The molecule has 1 amide bonds. The predicted molar refractivity (Wildman–Crippen MR) is 91.1 cm³/mol. The molecular weight excluding hydrogens is 324 g/mol. The lowest BCUT2D eigenvalue weighted by molar-refractivity contribution is 0.0600. The molecule has 0 saturated carbocycles. The molecule has 0 unspecified atom stereocenters. The number of aromatic nitrogens is 1. The van der Waals surface area contributed by atoms with Gasteiger partial charge in [-0.2, -0.15) is 0 Å². The van der Waals surface area contributed by atoms with Gasteiger partial charge in [0.1, 0.15) is 11.3 Å². The van der Waals surface area contributed by atoms with Gasteiger partial charge < -0.3 is 20.1 Å². The molecule has 0 aliphatic heterocycles. The minimum atomic E-state index is -0.696. The monoisotopic (exact) mass is 342 g/mol. The van der Waals surface area contributed by atoms with Crippen LogP contribution in [0.4, 0.5) is 5.69 Å². The van der Waals surface area contributed by atoms with Gasteiger partial charge in [0.25, 0.3) is 11.5 Å². The summed E-state index contributed by atoms with van der Waals surface area (Å²) >= 11 is 0. The smallest absolute Gasteiger partial charge is 0.337 e. The van der Waals surface area contributed by atoms with Crippen molar-refractivity contribution in [3.8, 4) is 5.75 Å². The molecule has 1 aromatic heterocycles. The number of carbonyl (C=O) groups is 2. The van der Waals surface area contributed by atoms with Gasteiger partial charge in [0.2, 0.25) is 0 Å². The van der Waals surface area contributed by atoms with Crippen molar-refractivity contribution in [1.29, 1.82) is 0 Å². The highest BCUT2D eigenvalue weighted by Gasteiger charge is 2.24. The molecule has 0 atom stereocenters. The Morgan fingerprint density at radius 1 is 1.16 bits per heavy atom. The van der Waals surface area contributed by atoms with Gasteiger partial charge >= 0.3 is 5.97 Å². The van der Waals surface area contributed by atoms with Gasteiger partial charge in [-0.3, -0.25) is 9.59 Å². The fourth-order valence-corrected chi connectivity index (χ4v) is 2.97. The van der Waals surface area contributed by atoms with Crippen LogP contribution in [0.15, 0.2) is 29.1 Å². The molecule has 25 heavy (non-hydrogen) atoms. The largest absolute Gasteiger partial charge is 0.507 e. The lowest BCUT2D eigenvalue weighted by Crippen LogP contribution is -2.26. The predicted octanol–water partition coefficient (Wildman–Crippen LogP) is 2.00. The van der Waals surface area contributed by atoms with Crippen molar-refractivity contribution >= 4 is 17.6 Å². The van der Waals surface area contributed by atoms with Gasteiger partial charge in [-0.1, -0.05) is 0 Å². The van der Waals surface area contributed by atoms with E-state index in [1.54, 1.807) is 0 Å². The number of aryl methyl sites for hydroxylation is 1. The topological polar surface area (TPSA) is 108 Å². The van der Waals surface area contributed by atoms with Crippen LogP contribution >= 0.6 is 0 Å². The number of anilines is 1. The van der Waals surface area contributed by atoms with Crippen LogP contribution in [0.3, 0.4) is 0 Å². The van der Waals surface area contributed by atoms with Crippen molar-refractivity contribution in [3.05, 3.63) is 57.0 Å². The number of aromatic amines is 1. The third-order valence-corrected chi connectivity index (χ3v) is 4.27. The molecule has 7 nitrogen and oxygen atoms in total. The zero-order valence-electron chi connectivity index (χ0n) is 13.7. The van der Waals surface area contributed by atoms with Gasteiger partial charge in [-0.25, -0.2) is 4.79 Å². The summed E-state index contributed by atoms with van der Waals surface area (Å²) in [6, 6.07) is 6.04. The first-order valence-electron chi connectivity index (χ1n) is 7.98. The van der Waals surface area contributed by atoms with E-state index in [1.807, 2.05) is 0 Å². The molecule has 130 valence electrons. The van der Waals surface area contributed by atoms with E-state index in [0.29, 0.717) is 35.3 Å². The summed E-state index contributed by atoms with van der Waals surface area (Å²) < 4.78 is 4.61. The second kappa shape index (κ2) is 6.80. The number of nitrogens with one attached hydrogen (secondary N) is 2. The molecule has 1 aliphatic rings. The Hall–Kier alpha value is -3.09. The lowest BCUT2D eigenvalue weighted by Gasteiger charge is -2.18. The quantitative estimate of drug-likeness (QED) is 0.739. The molecule has 1 heterocycles. The number of hydrogen-bond donors (Lipinski definition) is 3. The van der Waals surface area contributed by atoms with Crippen LogP contribution in [0.25, 0.3) is 0 Å². The molecule has 3 N–H and O–H groups in total. The fraction of sp³-hybridized carbons (Fsp3) is 0.278. The fourth-order valence-electron chi connectivity index (χ4n) is 2.97. The number of fused-ring (bicyclic) bond motifs is 1. The summed E-state index contributed by atoms with van der Waals surface area (Å²) in [7, 11) is 1.28. The van der Waals surface area contributed by atoms with E-state index >= 15 is 0 Å². The Bertz CT molecular complexity index is 884. The Morgan fingerprint density at radius 2 is 1.84 bits per heavy atom. The number of benzene rings is 1. The Labute approximate surface area is 143 Å². The normalized spacial score (nSPS) is 13.0. The Kier molecular flexibility index (Phi) is 4.56. The van der Waals surface area contributed by atoms with Crippen molar-refractivity contribution in [2.75, 3.05) is 12.4 Å². The third-order valence-electron chi connectivity index (χ3n) is 4.27. The number of carbonyl (C=O) groups excluding carboxylic acids is 2. The standard InChI is InChI=1S/C18H18N2O5/c1-25-18(24)10-6-8-11(9-7-10)19-16(22)14-15(21)12-4-2-3-5-13(12)20-17(14)23/h6-9H,2-5H2,1H3,(H,19,22)(H2,20,21,23). The zero-order valence-corrected chi connectivity index (χ0v) is 13.7. The first-order valence-corrected chi connectivity index (χ1v) is 7.98. The SMILES string of the molecule is COC(=O)c1ccc(NC(=O)c2c(O)c3c([nH]c2=O)CCCC3)cc1. The van der Waals surface area contributed by atoms with Crippen molar-refractivity contribution in [2.45, 2.75) is 25.7 Å². The minimum absolute atomic E-state index is 0.248. The van der Waals surface area contributed by atoms with Crippen LogP contribution in [0.1, 0.15) is 44.8 Å². The van der Waals surface area contributed by atoms with E-state index < -0.39 is 17.4 Å². The van der Waals surface area contributed by atoms with Crippen molar-refractivity contribution < 1.29 is 19.4 Å². The molecule has 1 aliphatic carbocycles. The maximum Gasteiger partial charge on any atom is 0.337 e. The van der Waals surface area contributed by atoms with Gasteiger partial charge in [0, 0.05) is 16.9 Å². The van der Waals surface area contributed by atoms with Gasteiger partial charge in [0.05, 0.1) is 12.7 Å². The maximum absolute atomic E-state index is 12.4. The van der Waals surface area contributed by atoms with E-state index in [-0.39, 0.29) is 11.3 Å². The van der Waals surface area contributed by atoms with Gasteiger partial charge in [-0.15, -0.1) is 0 Å². The molecule has 0 fully saturated rings. The zero-order chi connectivity index (χ0) is 18.0. The average molecular weight is 342 g/mol. The molecule has 2 aromatic rings. The van der Waals surface area contributed by atoms with E-state index in [1.165, 1.54) is 31.4 Å². The van der Waals surface area contributed by atoms with E-state index in [0.717, 1.165) is 12.8 Å².